The molecule has 16 nitrogen and oxygen atoms in total. The molecule has 3 amide bonds. The molecule has 0 radical (unpaired) electrons. The average molecular weight is 785 g/mol. The molecule has 0 bridgehead atoms. The number of carbonyl (C=O) groups is 3. The first-order valence-corrected chi connectivity index (χ1v) is 18.7. The smallest absolute Gasteiger partial charge is 0.407 e. The Kier molecular flexibility index (Phi) is 17.7. The molecule has 2 aromatic carbocycles. The Bertz CT molecular complexity index is 1650. The lowest BCUT2D eigenvalue weighted by molar-refractivity contribution is -0.132. The van der Waals surface area contributed by atoms with Gasteiger partial charge >= 0.3 is 6.09 Å². The first-order chi connectivity index (χ1) is 26.5. The van der Waals surface area contributed by atoms with E-state index in [-0.39, 0.29) is 11.8 Å². The topological polar surface area (TPSA) is 178 Å². The van der Waals surface area contributed by atoms with Crippen LogP contribution in [0.25, 0.3) is 0 Å². The molecule has 1 fully saturated rings. The number of carbonyl (C=O) groups excluding carboxylic acids is 3. The van der Waals surface area contributed by atoms with E-state index in [2.05, 4.69) is 36.1 Å². The summed E-state index contributed by atoms with van der Waals surface area (Å²) in [6, 6.07) is 15.0. The van der Waals surface area contributed by atoms with Crippen molar-refractivity contribution in [3.8, 4) is 0 Å². The molecule has 0 aliphatic carbocycles. The predicted molar refractivity (Wildman–Crippen MR) is 211 cm³/mol. The maximum absolute atomic E-state index is 12.8. The van der Waals surface area contributed by atoms with Crippen LogP contribution < -0.4 is 26.2 Å². The van der Waals surface area contributed by atoms with Crippen LogP contribution >= 0.6 is 11.6 Å². The molecule has 1 aliphatic heterocycles. The summed E-state index contributed by atoms with van der Waals surface area (Å²) in [4.78, 5) is 49.5. The van der Waals surface area contributed by atoms with E-state index in [9.17, 15) is 14.4 Å². The number of halogens is 1. The number of nitrogens with one attached hydrogen (secondary N) is 4. The lowest BCUT2D eigenvalue weighted by Gasteiger charge is -2.36. The summed E-state index contributed by atoms with van der Waals surface area (Å²) in [6.45, 7) is 11.7. The molecule has 4 rings (SSSR count). The van der Waals surface area contributed by atoms with E-state index in [0.29, 0.717) is 107 Å². The molecule has 0 saturated carbocycles. The second kappa shape index (κ2) is 22.6. The van der Waals surface area contributed by atoms with Crippen LogP contribution in [0.1, 0.15) is 37.6 Å². The van der Waals surface area contributed by atoms with E-state index in [4.69, 9.17) is 35.3 Å². The molecule has 1 aromatic heterocycles. The largest absolute Gasteiger partial charge is 0.444 e. The van der Waals surface area contributed by atoms with E-state index in [1.807, 2.05) is 56.0 Å². The maximum Gasteiger partial charge on any atom is 0.407 e. The Morgan fingerprint density at radius 3 is 2.05 bits per heavy atom. The summed E-state index contributed by atoms with van der Waals surface area (Å²) in [5.41, 5.74) is 2.34. The summed E-state index contributed by atoms with van der Waals surface area (Å²) < 4.78 is 27.2. The fourth-order valence-corrected chi connectivity index (χ4v) is 5.42. The van der Waals surface area contributed by atoms with Crippen molar-refractivity contribution >= 4 is 58.3 Å². The predicted octanol–water partition coefficient (Wildman–Crippen LogP) is 4.61. The number of alkyl carbamates (subject to hydrolysis) is 1. The molecule has 3 aromatic rings. The maximum atomic E-state index is 12.8. The van der Waals surface area contributed by atoms with Crippen molar-refractivity contribution in [3.05, 3.63) is 65.3 Å². The number of nitrogens with zero attached hydrogens (tertiary/aromatic N) is 4. The Morgan fingerprint density at radius 2 is 1.42 bits per heavy atom. The first kappa shape index (κ1) is 43.0. The van der Waals surface area contributed by atoms with Crippen LogP contribution in [-0.2, 0) is 28.5 Å². The minimum atomic E-state index is -0.529. The molecule has 0 atom stereocenters. The zero-order valence-electron chi connectivity index (χ0n) is 32.0. The summed E-state index contributed by atoms with van der Waals surface area (Å²) in [5.74, 6) is 0.548. The van der Waals surface area contributed by atoms with Gasteiger partial charge in [0.1, 0.15) is 10.6 Å². The molecule has 0 unspecified atom stereocenters. The van der Waals surface area contributed by atoms with Gasteiger partial charge in [0.15, 0.2) is 5.82 Å². The van der Waals surface area contributed by atoms with Crippen molar-refractivity contribution in [2.75, 3.05) is 108 Å². The minimum Gasteiger partial charge on any atom is -0.444 e. The van der Waals surface area contributed by atoms with Crippen LogP contribution in [-0.4, -0.2) is 131 Å². The second-order valence-corrected chi connectivity index (χ2v) is 13.7. The van der Waals surface area contributed by atoms with Crippen molar-refractivity contribution in [3.63, 3.8) is 0 Å². The normalized spacial score (nSPS) is 13.0. The van der Waals surface area contributed by atoms with Gasteiger partial charge < -0.3 is 54.8 Å². The number of benzene rings is 2. The van der Waals surface area contributed by atoms with Crippen molar-refractivity contribution in [2.45, 2.75) is 32.8 Å². The van der Waals surface area contributed by atoms with Gasteiger partial charge in [-0.25, -0.2) is 9.78 Å². The lowest BCUT2D eigenvalue weighted by atomic mass is 10.1. The highest BCUT2D eigenvalue weighted by atomic mass is 35.5. The second-order valence-electron chi connectivity index (χ2n) is 13.3. The molecule has 300 valence electrons. The van der Waals surface area contributed by atoms with Gasteiger partial charge in [-0.3, -0.25) is 9.59 Å². The molecule has 17 heteroatoms. The van der Waals surface area contributed by atoms with E-state index in [0.717, 1.165) is 24.5 Å². The van der Waals surface area contributed by atoms with Crippen LogP contribution in [0.15, 0.2) is 54.7 Å². The van der Waals surface area contributed by atoms with Gasteiger partial charge in [0.05, 0.1) is 76.7 Å². The van der Waals surface area contributed by atoms with Gasteiger partial charge in [0, 0.05) is 51.1 Å². The number of aromatic nitrogens is 2. The Balaban J connectivity index is 1.04. The quantitative estimate of drug-likeness (QED) is 0.110. The van der Waals surface area contributed by atoms with Crippen LogP contribution in [0.4, 0.5) is 33.6 Å². The number of hydrogen-bond donors (Lipinski definition) is 4. The molecule has 4 N–H and O–H groups in total. The molecule has 2 heterocycles. The van der Waals surface area contributed by atoms with Crippen LogP contribution in [0, 0.1) is 0 Å². The van der Waals surface area contributed by atoms with E-state index in [1.165, 1.54) is 6.20 Å². The van der Waals surface area contributed by atoms with E-state index >= 15 is 0 Å². The average Bonchev–Trinajstić information content (AvgIpc) is 3.17. The molecule has 1 aliphatic rings. The Labute approximate surface area is 327 Å². The number of rotatable bonds is 21. The lowest BCUT2D eigenvalue weighted by Crippen LogP contribution is -2.49. The number of piperazine rings is 1. The number of ether oxygens (including phenoxy) is 5. The zero-order chi connectivity index (χ0) is 39.5. The monoisotopic (exact) mass is 784 g/mol. The van der Waals surface area contributed by atoms with Crippen molar-refractivity contribution in [2.24, 2.45) is 0 Å². The third-order valence-corrected chi connectivity index (χ3v) is 8.28. The summed E-state index contributed by atoms with van der Waals surface area (Å²) in [7, 11) is 1.57. The van der Waals surface area contributed by atoms with Crippen LogP contribution in [0.3, 0.4) is 0 Å². The summed E-state index contributed by atoms with van der Waals surface area (Å²) >= 11 is 6.37. The molecule has 0 spiro atoms. The van der Waals surface area contributed by atoms with Crippen molar-refractivity contribution in [1.82, 2.24) is 25.5 Å². The SMILES string of the molecule is CNC(=O)c1ccccc1Nc1nc(Nc2ccc(N3CCN(C(=O)CCOCCOCCOCCOCCNC(=O)OC(C)(C)C)CC3)cc2)ncc1Cl. The highest BCUT2D eigenvalue weighted by molar-refractivity contribution is 6.33. The molecule has 1 saturated heterocycles. The summed E-state index contributed by atoms with van der Waals surface area (Å²) in [6.07, 6.45) is 1.35. The molecular formula is C38H53ClN8O8. The first-order valence-electron chi connectivity index (χ1n) is 18.3. The van der Waals surface area contributed by atoms with E-state index in [1.54, 1.807) is 25.2 Å². The molecule has 55 heavy (non-hydrogen) atoms. The van der Waals surface area contributed by atoms with Crippen LogP contribution in [0.5, 0.6) is 0 Å². The van der Waals surface area contributed by atoms with Gasteiger partial charge in [-0.05, 0) is 57.2 Å². The fourth-order valence-electron chi connectivity index (χ4n) is 5.28. The van der Waals surface area contributed by atoms with E-state index < -0.39 is 11.7 Å². The highest BCUT2D eigenvalue weighted by Gasteiger charge is 2.21. The third kappa shape index (κ3) is 15.5. The molecular weight excluding hydrogens is 732 g/mol. The number of para-hydroxylation sites is 1. The number of amides is 3. The number of hydrogen-bond acceptors (Lipinski definition) is 13. The zero-order valence-corrected chi connectivity index (χ0v) is 32.8. The van der Waals surface area contributed by atoms with Gasteiger partial charge in [-0.1, -0.05) is 23.7 Å². The standard InChI is InChI=1S/C38H53ClN8O8/c1-38(2,3)55-37(50)41-14-20-52-22-24-54-26-25-53-23-21-51-19-13-33(48)47-17-15-46(16-18-47)29-11-9-28(10-12-29)43-36-42-27-31(39)34(45-36)44-32-8-6-5-7-30(32)35(49)40-4/h5-12,27H,13-26H2,1-4H3,(H,40,49)(H,41,50)(H2,42,43,44,45). The van der Waals surface area contributed by atoms with Gasteiger partial charge in [0.25, 0.3) is 5.91 Å². The van der Waals surface area contributed by atoms with Crippen molar-refractivity contribution in [1.29, 1.82) is 0 Å². The third-order valence-electron chi connectivity index (χ3n) is 8.01. The van der Waals surface area contributed by atoms with Gasteiger partial charge in [-0.2, -0.15) is 4.98 Å². The van der Waals surface area contributed by atoms with Gasteiger partial charge in [-0.15, -0.1) is 0 Å². The summed E-state index contributed by atoms with van der Waals surface area (Å²) in [5, 5.41) is 11.9. The van der Waals surface area contributed by atoms with Gasteiger partial charge in [0.2, 0.25) is 11.9 Å². The van der Waals surface area contributed by atoms with Crippen LogP contribution in [0.2, 0.25) is 5.02 Å². The Morgan fingerprint density at radius 1 is 0.800 bits per heavy atom. The highest BCUT2D eigenvalue weighted by Crippen LogP contribution is 2.27. The minimum absolute atomic E-state index is 0.0743. The number of anilines is 5. The van der Waals surface area contributed by atoms with Crippen molar-refractivity contribution < 1.29 is 38.1 Å². The fraction of sp³-hybridized carbons (Fsp3) is 0.500. The Hall–Kier alpha value is -4.74.